The summed E-state index contributed by atoms with van der Waals surface area (Å²) in [5.41, 5.74) is 3.36. The second kappa shape index (κ2) is 49.8. The van der Waals surface area contributed by atoms with Gasteiger partial charge in [0.05, 0.1) is 35.3 Å². The summed E-state index contributed by atoms with van der Waals surface area (Å²) in [6.45, 7) is 0. The molecule has 0 aromatic carbocycles. The Labute approximate surface area is 368 Å². The summed E-state index contributed by atoms with van der Waals surface area (Å²) in [5, 5.41) is 58.2. The lowest BCUT2D eigenvalue weighted by molar-refractivity contribution is 0.292. The molecule has 0 spiro atoms. The summed E-state index contributed by atoms with van der Waals surface area (Å²) in [6.07, 6.45) is 36.1. The van der Waals surface area contributed by atoms with E-state index in [0.29, 0.717) is 0 Å². The summed E-state index contributed by atoms with van der Waals surface area (Å²) in [5.74, 6) is 0. The first-order valence-corrected chi connectivity index (χ1v) is 17.7. The van der Waals surface area contributed by atoms with Gasteiger partial charge in [-0.15, -0.1) is 31.7 Å². The highest BCUT2D eigenvalue weighted by Gasteiger charge is 1.66. The highest BCUT2D eigenvalue weighted by Crippen LogP contribution is 1.80. The molecule has 32 nitrogen and oxygen atoms in total. The van der Waals surface area contributed by atoms with Gasteiger partial charge in [-0.1, -0.05) is 31.7 Å². The molecule has 0 aliphatic heterocycles. The van der Waals surface area contributed by atoms with Crippen molar-refractivity contribution in [1.82, 2.24) is 137 Å². The summed E-state index contributed by atoms with van der Waals surface area (Å²) >= 11 is 1.49. The molecule has 1 N–H and O–H groups in total. The third-order valence-electron chi connectivity index (χ3n) is 4.33. The third kappa shape index (κ3) is 47.9. The summed E-state index contributed by atoms with van der Waals surface area (Å²) < 4.78 is 20.8. The predicted octanol–water partition coefficient (Wildman–Crippen LogP) is 1.86. The number of nitrogens with one attached hydrogen (secondary N) is 1. The fraction of sp³-hybridized carbons (Fsp3) is 0. The van der Waals surface area contributed by atoms with Gasteiger partial charge in [0.1, 0.15) is 36.3 Å². The highest BCUT2D eigenvalue weighted by atomic mass is 32.1. The van der Waals surface area contributed by atoms with Crippen LogP contribution in [0.3, 0.4) is 0 Å². The molecule has 0 atom stereocenters. The van der Waals surface area contributed by atoms with Crippen LogP contribution >= 0.6 is 11.3 Å². The van der Waals surface area contributed by atoms with Crippen molar-refractivity contribution in [3.05, 3.63) is 198 Å². The van der Waals surface area contributed by atoms with Gasteiger partial charge in [0, 0.05) is 62.0 Å². The lowest BCUT2D eigenvalue weighted by atomic mass is 10.5. The lowest BCUT2D eigenvalue weighted by Gasteiger charge is -1.70. The second-order valence-corrected chi connectivity index (χ2v) is 9.21. The molecular formula is C32H33N27O5S. The molecule has 0 radical (unpaired) electrons. The Bertz CT molecular complexity index is 1630. The minimum absolute atomic E-state index is 1.15. The first-order valence-electron chi connectivity index (χ1n) is 16.8. The van der Waals surface area contributed by atoms with Crippen molar-refractivity contribution in [2.24, 2.45) is 0 Å². The van der Waals surface area contributed by atoms with E-state index in [0.717, 1.165) is 6.39 Å². The van der Waals surface area contributed by atoms with Crippen LogP contribution in [-0.2, 0) is 0 Å². The fourth-order valence-corrected chi connectivity index (χ4v) is 2.47. The van der Waals surface area contributed by atoms with Gasteiger partial charge in [-0.25, -0.2) is 39.2 Å². The van der Waals surface area contributed by atoms with E-state index in [-0.39, 0.29) is 0 Å². The highest BCUT2D eigenvalue weighted by molar-refractivity contribution is 7.07. The van der Waals surface area contributed by atoms with Crippen LogP contribution in [0, 0.1) is 0 Å². The zero-order valence-corrected chi connectivity index (χ0v) is 33.9. The van der Waals surface area contributed by atoms with E-state index in [4.69, 9.17) is 0 Å². The molecule has 65 heavy (non-hydrogen) atoms. The number of aromatic nitrogens is 27. The van der Waals surface area contributed by atoms with Crippen molar-refractivity contribution in [1.29, 1.82) is 0 Å². The fourth-order valence-electron chi connectivity index (χ4n) is 2.20. The Hall–Kier alpha value is -10.3. The minimum Gasteiger partial charge on any atom is -0.431 e. The van der Waals surface area contributed by atoms with Crippen LogP contribution in [-0.4, -0.2) is 137 Å². The minimum atomic E-state index is 1.15. The quantitative estimate of drug-likeness (QED) is 0.227. The monoisotopic (exact) mass is 907 g/mol. The van der Waals surface area contributed by atoms with Crippen molar-refractivity contribution in [3.63, 3.8) is 0 Å². The van der Waals surface area contributed by atoms with Gasteiger partial charge >= 0.3 is 0 Å². The van der Waals surface area contributed by atoms with Gasteiger partial charge in [0.15, 0.2) is 12.7 Å². The van der Waals surface area contributed by atoms with Gasteiger partial charge in [-0.05, 0) is 40.7 Å². The van der Waals surface area contributed by atoms with E-state index in [1.54, 1.807) is 91.4 Å². The Morgan fingerprint density at radius 2 is 0.908 bits per heavy atom. The Morgan fingerprint density at radius 1 is 0.323 bits per heavy atom. The molecule has 0 aliphatic rings. The topological polar surface area (TPSA) is 417 Å². The number of nitrogens with zero attached hydrogens (tertiary/aromatic N) is 26. The molecule has 12 aromatic heterocycles. The van der Waals surface area contributed by atoms with Crippen LogP contribution in [0.25, 0.3) is 0 Å². The van der Waals surface area contributed by atoms with Crippen molar-refractivity contribution < 1.29 is 22.7 Å². The first kappa shape index (κ1) is 52.7. The molecule has 0 aliphatic carbocycles. The van der Waals surface area contributed by atoms with E-state index in [1.165, 1.54) is 80.9 Å². The van der Waals surface area contributed by atoms with Gasteiger partial charge in [-0.2, -0.15) is 25.6 Å². The molecule has 0 bridgehead atoms. The molecule has 12 heterocycles. The Kier molecular flexibility index (Phi) is 40.4. The van der Waals surface area contributed by atoms with E-state index < -0.39 is 0 Å². The zero-order valence-electron chi connectivity index (χ0n) is 33.1. The molecule has 33 heteroatoms. The number of hydrogen-bond acceptors (Lipinski definition) is 32. The number of H-pyrrole nitrogens is 1. The van der Waals surface area contributed by atoms with Gasteiger partial charge in [0.2, 0.25) is 25.6 Å². The van der Waals surface area contributed by atoms with Crippen molar-refractivity contribution in [3.8, 4) is 0 Å². The van der Waals surface area contributed by atoms with E-state index >= 15 is 0 Å². The molecule has 0 unspecified atom stereocenters. The number of pyridine rings is 1. The largest absolute Gasteiger partial charge is 0.431 e. The van der Waals surface area contributed by atoms with Crippen molar-refractivity contribution >= 4 is 11.3 Å². The maximum atomic E-state index is 4.36. The molecule has 12 aromatic rings. The molecular weight excluding hydrogens is 875 g/mol. The lowest BCUT2D eigenvalue weighted by Crippen LogP contribution is -1.73. The molecule has 12 rings (SSSR count). The van der Waals surface area contributed by atoms with Crippen LogP contribution in [0.15, 0.2) is 220 Å². The maximum Gasteiger partial charge on any atom is 0.235 e. The van der Waals surface area contributed by atoms with E-state index in [2.05, 4.69) is 160 Å². The van der Waals surface area contributed by atoms with Gasteiger partial charge in [0.25, 0.3) is 0 Å². The molecule has 0 saturated heterocycles. The maximum absolute atomic E-state index is 4.36. The third-order valence-corrected chi connectivity index (χ3v) is 4.76. The molecule has 332 valence electrons. The van der Waals surface area contributed by atoms with Gasteiger partial charge in [-0.3, -0.25) is 15.0 Å². The predicted molar refractivity (Wildman–Crippen MR) is 214 cm³/mol. The van der Waals surface area contributed by atoms with Crippen LogP contribution in [0.5, 0.6) is 0 Å². The van der Waals surface area contributed by atoms with Gasteiger partial charge < -0.3 is 13.5 Å². The van der Waals surface area contributed by atoms with Crippen LogP contribution < -0.4 is 0 Å². The average Bonchev–Trinajstić information content (AvgIpc) is 4.28. The van der Waals surface area contributed by atoms with Crippen molar-refractivity contribution in [2.75, 3.05) is 0 Å². The summed E-state index contributed by atoms with van der Waals surface area (Å²) in [7, 11) is 0. The number of aromatic amines is 1. The van der Waals surface area contributed by atoms with Crippen LogP contribution in [0.4, 0.5) is 0 Å². The molecule has 0 fully saturated rings. The van der Waals surface area contributed by atoms with Crippen LogP contribution in [0.1, 0.15) is 0 Å². The number of hydrogen-bond donors (Lipinski definition) is 1. The Morgan fingerprint density at radius 3 is 1.09 bits per heavy atom. The normalized spacial score (nSPS) is 8.00. The number of rotatable bonds is 0. The van der Waals surface area contributed by atoms with E-state index in [1.807, 2.05) is 30.3 Å². The van der Waals surface area contributed by atoms with Crippen LogP contribution in [0.2, 0.25) is 0 Å². The summed E-state index contributed by atoms with van der Waals surface area (Å²) in [4.78, 5) is 32.7. The second-order valence-electron chi connectivity index (χ2n) is 8.51. The summed E-state index contributed by atoms with van der Waals surface area (Å²) in [6, 6.07) is 11.1. The SMILES string of the molecule is c1ccncc1.c1ccnnc1.c1cn[nH]n1.c1cnccn1.c1cncnc1.c1cnon1.c1ncncn1.c1ncon1.c1nnco1.c1nncs1.c1nnno1.c1nnon1. The Balaban J connectivity index is 0.000000355. The average molecular weight is 908 g/mol. The standard InChI is InChI=1S/C5H5N.3C4H4N2.C3H3N3.C2H3N3.3C2H2N2O.C2H2N2S.2CHN3O/c1-2-4-6-5-3-1;1-2-6-4-3-5-1;1-2-5-4-6-3-1;1-2-4-6-5-3-1;1-4-2-6-3-5-1;1-2-4-5-3-1;1-3-4-2-5-1;1-3-2-5-4-1;1-2-4-5-3-1;1-3-4-2-5-1;1-2-3-4-5-1;1-2-4-5-3-1/h1-5H;3*1-4H;1-3H;1-2H,(H,3,4,5);4*1-2H;2*1H. The molecule has 0 amide bonds. The van der Waals surface area contributed by atoms with Crippen molar-refractivity contribution in [2.45, 2.75) is 0 Å². The first-order chi connectivity index (χ1) is 32.5. The van der Waals surface area contributed by atoms with E-state index in [9.17, 15) is 0 Å². The smallest absolute Gasteiger partial charge is 0.235 e. The molecule has 0 saturated carbocycles. The zero-order chi connectivity index (χ0) is 46.0.